The van der Waals surface area contributed by atoms with Crippen molar-refractivity contribution in [2.45, 2.75) is 18.4 Å². The molecule has 2 aromatic carbocycles. The molecule has 1 aromatic heterocycles. The standard InChI is InChI=1S/C17H14F2N2O3S/c1-11-7-8-14(24-17(18)19)13(10-11)21-25(22,23)15-6-2-4-12-5-3-9-20-16(12)15/h2-10,17,21H,1H3. The first-order valence-electron chi connectivity index (χ1n) is 7.29. The van der Waals surface area contributed by atoms with Crippen molar-refractivity contribution in [3.05, 3.63) is 60.3 Å². The molecule has 0 atom stereocenters. The van der Waals surface area contributed by atoms with Gasteiger partial charge in [0.15, 0.2) is 0 Å². The van der Waals surface area contributed by atoms with Gasteiger partial charge in [-0.15, -0.1) is 0 Å². The Kier molecular flexibility index (Phi) is 4.54. The number of fused-ring (bicyclic) bond motifs is 1. The van der Waals surface area contributed by atoms with Crippen molar-refractivity contribution >= 4 is 26.6 Å². The number of hydrogen-bond acceptors (Lipinski definition) is 4. The molecule has 0 spiro atoms. The molecule has 3 rings (SSSR count). The first kappa shape index (κ1) is 17.1. The molecular formula is C17H14F2N2O3S. The van der Waals surface area contributed by atoms with E-state index in [1.807, 2.05) is 0 Å². The highest BCUT2D eigenvalue weighted by molar-refractivity contribution is 7.93. The van der Waals surface area contributed by atoms with Gasteiger partial charge >= 0.3 is 6.61 Å². The summed E-state index contributed by atoms with van der Waals surface area (Å²) in [5, 5.41) is 0.652. The van der Waals surface area contributed by atoms with Crippen molar-refractivity contribution in [3.63, 3.8) is 0 Å². The number of ether oxygens (including phenoxy) is 1. The number of pyridine rings is 1. The predicted molar refractivity (Wildman–Crippen MR) is 90.4 cm³/mol. The SMILES string of the molecule is Cc1ccc(OC(F)F)c(NS(=O)(=O)c2cccc3cccnc23)c1. The first-order chi connectivity index (χ1) is 11.9. The number of hydrogen-bond donors (Lipinski definition) is 1. The second-order valence-corrected chi connectivity index (χ2v) is 6.97. The van der Waals surface area contributed by atoms with Crippen molar-refractivity contribution in [3.8, 4) is 5.75 Å². The van der Waals surface area contributed by atoms with Crippen LogP contribution in [0.1, 0.15) is 5.56 Å². The van der Waals surface area contributed by atoms with E-state index in [4.69, 9.17) is 0 Å². The van der Waals surface area contributed by atoms with E-state index < -0.39 is 16.6 Å². The summed E-state index contributed by atoms with van der Waals surface area (Å²) in [7, 11) is -4.05. The van der Waals surface area contributed by atoms with E-state index in [0.29, 0.717) is 16.5 Å². The van der Waals surface area contributed by atoms with Gasteiger partial charge in [0.1, 0.15) is 10.6 Å². The fraction of sp³-hybridized carbons (Fsp3) is 0.118. The summed E-state index contributed by atoms with van der Waals surface area (Å²) in [5.74, 6) is -0.252. The maximum absolute atomic E-state index is 12.8. The molecule has 8 heteroatoms. The van der Waals surface area contributed by atoms with Crippen LogP contribution in [-0.4, -0.2) is 20.0 Å². The minimum Gasteiger partial charge on any atom is -0.433 e. The summed E-state index contributed by atoms with van der Waals surface area (Å²) in [6.45, 7) is -1.35. The minimum absolute atomic E-state index is 0.0462. The summed E-state index contributed by atoms with van der Waals surface area (Å²) in [6.07, 6.45) is 1.49. The molecule has 0 aliphatic heterocycles. The molecule has 0 saturated heterocycles. The van der Waals surface area contributed by atoms with Gasteiger partial charge in [-0.2, -0.15) is 8.78 Å². The number of benzene rings is 2. The fourth-order valence-corrected chi connectivity index (χ4v) is 3.66. The predicted octanol–water partition coefficient (Wildman–Crippen LogP) is 3.95. The summed E-state index contributed by atoms with van der Waals surface area (Å²) in [4.78, 5) is 4.06. The summed E-state index contributed by atoms with van der Waals surface area (Å²) in [6, 6.07) is 12.4. The molecule has 0 bridgehead atoms. The second kappa shape index (κ2) is 6.64. The zero-order valence-corrected chi connectivity index (χ0v) is 13.9. The van der Waals surface area contributed by atoms with Gasteiger partial charge in [0, 0.05) is 11.6 Å². The summed E-state index contributed by atoms with van der Waals surface area (Å²) >= 11 is 0. The first-order valence-corrected chi connectivity index (χ1v) is 8.77. The zero-order chi connectivity index (χ0) is 18.0. The number of halogens is 2. The second-order valence-electron chi connectivity index (χ2n) is 5.31. The Hall–Kier alpha value is -2.74. The van der Waals surface area contributed by atoms with E-state index in [-0.39, 0.29) is 16.3 Å². The number of rotatable bonds is 5. The number of nitrogens with zero attached hydrogens (tertiary/aromatic N) is 1. The molecule has 1 heterocycles. The molecule has 0 aliphatic rings. The lowest BCUT2D eigenvalue weighted by atomic mass is 10.2. The van der Waals surface area contributed by atoms with Gasteiger partial charge in [0.05, 0.1) is 11.2 Å². The van der Waals surface area contributed by atoms with Gasteiger partial charge in [-0.05, 0) is 36.8 Å². The Morgan fingerprint density at radius 3 is 2.64 bits per heavy atom. The molecule has 3 aromatic rings. The number of anilines is 1. The third-order valence-electron chi connectivity index (χ3n) is 3.48. The highest BCUT2D eigenvalue weighted by atomic mass is 32.2. The van der Waals surface area contributed by atoms with Crippen molar-refractivity contribution in [2.24, 2.45) is 0 Å². The lowest BCUT2D eigenvalue weighted by Gasteiger charge is -2.14. The molecule has 25 heavy (non-hydrogen) atoms. The topological polar surface area (TPSA) is 68.3 Å². The van der Waals surface area contributed by atoms with Crippen LogP contribution in [0, 0.1) is 6.92 Å². The van der Waals surface area contributed by atoms with E-state index in [1.54, 1.807) is 37.3 Å². The quantitative estimate of drug-likeness (QED) is 0.744. The molecule has 1 N–H and O–H groups in total. The van der Waals surface area contributed by atoms with Gasteiger partial charge in [0.25, 0.3) is 10.0 Å². The maximum atomic E-state index is 12.8. The molecule has 0 aliphatic carbocycles. The number of nitrogens with one attached hydrogen (secondary N) is 1. The molecule has 0 saturated carbocycles. The van der Waals surface area contributed by atoms with Gasteiger partial charge in [-0.3, -0.25) is 9.71 Å². The Bertz CT molecular complexity index is 1020. The lowest BCUT2D eigenvalue weighted by molar-refractivity contribution is -0.0493. The molecule has 130 valence electrons. The van der Waals surface area contributed by atoms with Crippen LogP contribution in [0.25, 0.3) is 10.9 Å². The van der Waals surface area contributed by atoms with Gasteiger partial charge in [-0.25, -0.2) is 8.42 Å². The van der Waals surface area contributed by atoms with Crippen molar-refractivity contribution in [2.75, 3.05) is 4.72 Å². The monoisotopic (exact) mass is 364 g/mol. The van der Waals surface area contributed by atoms with Crippen molar-refractivity contribution < 1.29 is 21.9 Å². The Labute approximate surface area is 143 Å². The molecular weight excluding hydrogens is 350 g/mol. The zero-order valence-electron chi connectivity index (χ0n) is 13.1. The van der Waals surface area contributed by atoms with E-state index in [0.717, 1.165) is 0 Å². The Morgan fingerprint density at radius 1 is 1.12 bits per heavy atom. The number of sulfonamides is 1. The smallest absolute Gasteiger partial charge is 0.387 e. The molecule has 0 fully saturated rings. The number of para-hydroxylation sites is 1. The highest BCUT2D eigenvalue weighted by Gasteiger charge is 2.21. The number of aromatic nitrogens is 1. The van der Waals surface area contributed by atoms with Crippen LogP contribution in [0.5, 0.6) is 5.75 Å². The Morgan fingerprint density at radius 2 is 1.88 bits per heavy atom. The van der Waals surface area contributed by atoms with E-state index in [1.165, 1.54) is 24.4 Å². The van der Waals surface area contributed by atoms with Crippen LogP contribution in [0.4, 0.5) is 14.5 Å². The fourth-order valence-electron chi connectivity index (χ4n) is 2.42. The van der Waals surface area contributed by atoms with Crippen LogP contribution in [-0.2, 0) is 10.0 Å². The largest absolute Gasteiger partial charge is 0.433 e. The normalized spacial score (nSPS) is 11.7. The van der Waals surface area contributed by atoms with Crippen LogP contribution in [0.2, 0.25) is 0 Å². The summed E-state index contributed by atoms with van der Waals surface area (Å²) in [5.41, 5.74) is 0.921. The van der Waals surface area contributed by atoms with E-state index >= 15 is 0 Å². The van der Waals surface area contributed by atoms with Crippen LogP contribution < -0.4 is 9.46 Å². The number of alkyl halides is 2. The Balaban J connectivity index is 2.06. The molecule has 0 unspecified atom stereocenters. The van der Waals surface area contributed by atoms with E-state index in [2.05, 4.69) is 14.4 Å². The number of aryl methyl sites for hydroxylation is 1. The third kappa shape index (κ3) is 3.69. The highest BCUT2D eigenvalue weighted by Crippen LogP contribution is 2.30. The van der Waals surface area contributed by atoms with Crippen molar-refractivity contribution in [1.82, 2.24) is 4.98 Å². The minimum atomic E-state index is -4.05. The van der Waals surface area contributed by atoms with Crippen LogP contribution in [0.15, 0.2) is 59.6 Å². The van der Waals surface area contributed by atoms with Gasteiger partial charge in [0.2, 0.25) is 0 Å². The maximum Gasteiger partial charge on any atom is 0.387 e. The van der Waals surface area contributed by atoms with Crippen LogP contribution >= 0.6 is 0 Å². The average molecular weight is 364 g/mol. The van der Waals surface area contributed by atoms with Gasteiger partial charge in [-0.1, -0.05) is 24.3 Å². The van der Waals surface area contributed by atoms with Crippen molar-refractivity contribution in [1.29, 1.82) is 0 Å². The lowest BCUT2D eigenvalue weighted by Crippen LogP contribution is -2.15. The van der Waals surface area contributed by atoms with E-state index in [9.17, 15) is 17.2 Å². The average Bonchev–Trinajstić information content (AvgIpc) is 2.56. The molecule has 0 amide bonds. The van der Waals surface area contributed by atoms with Crippen LogP contribution in [0.3, 0.4) is 0 Å². The summed E-state index contributed by atoms with van der Waals surface area (Å²) < 4.78 is 57.4. The molecule has 0 radical (unpaired) electrons. The molecule has 5 nitrogen and oxygen atoms in total. The van der Waals surface area contributed by atoms with Gasteiger partial charge < -0.3 is 4.74 Å². The third-order valence-corrected chi connectivity index (χ3v) is 4.88.